The first-order valence-electron chi connectivity index (χ1n) is 7.49. The van der Waals surface area contributed by atoms with Gasteiger partial charge in [0.25, 0.3) is 0 Å². The first kappa shape index (κ1) is 17.5. The normalized spacial score (nSPS) is 11.1. The first-order chi connectivity index (χ1) is 11.3. The van der Waals surface area contributed by atoms with E-state index in [0.29, 0.717) is 12.2 Å². The van der Waals surface area contributed by atoms with Crippen molar-refractivity contribution in [3.63, 3.8) is 0 Å². The third-order valence-electron chi connectivity index (χ3n) is 3.06. The van der Waals surface area contributed by atoms with Crippen molar-refractivity contribution in [1.82, 2.24) is 9.78 Å². The standard InChI is InChI=1S/C16H20N4O4/c1-16(2,3)24-15(21)19(13-7-5-4-6-8-13)10-9-18-12-14(11-17-18)20(22)23/h4-8,11-12H,9-10H2,1-3H3. The summed E-state index contributed by atoms with van der Waals surface area (Å²) in [5.74, 6) is 0. The van der Waals surface area contributed by atoms with Gasteiger partial charge in [0, 0.05) is 12.2 Å². The van der Waals surface area contributed by atoms with Crippen molar-refractivity contribution in [3.05, 3.63) is 52.8 Å². The van der Waals surface area contributed by atoms with Crippen LogP contribution in [0.2, 0.25) is 0 Å². The Morgan fingerprint density at radius 1 is 1.33 bits per heavy atom. The van der Waals surface area contributed by atoms with E-state index in [0.717, 1.165) is 0 Å². The molecule has 0 atom stereocenters. The van der Waals surface area contributed by atoms with Gasteiger partial charge in [0.15, 0.2) is 0 Å². The zero-order chi connectivity index (χ0) is 17.7. The Morgan fingerprint density at radius 3 is 2.54 bits per heavy atom. The van der Waals surface area contributed by atoms with Gasteiger partial charge in [-0.15, -0.1) is 0 Å². The molecular formula is C16H20N4O4. The Kier molecular flexibility index (Phi) is 5.18. The topological polar surface area (TPSA) is 90.5 Å². The lowest BCUT2D eigenvalue weighted by Crippen LogP contribution is -2.38. The minimum Gasteiger partial charge on any atom is -0.443 e. The molecule has 0 radical (unpaired) electrons. The van der Waals surface area contributed by atoms with Crippen LogP contribution in [0.15, 0.2) is 42.7 Å². The SMILES string of the molecule is CC(C)(C)OC(=O)N(CCn1cc([N+](=O)[O-])cn1)c1ccccc1. The summed E-state index contributed by atoms with van der Waals surface area (Å²) in [6.07, 6.45) is 2.04. The predicted octanol–water partition coefficient (Wildman–Crippen LogP) is 3.23. The van der Waals surface area contributed by atoms with Crippen LogP contribution in [0.1, 0.15) is 20.8 Å². The van der Waals surface area contributed by atoms with Crippen LogP contribution in [0.5, 0.6) is 0 Å². The largest absolute Gasteiger partial charge is 0.443 e. The molecule has 8 nitrogen and oxygen atoms in total. The lowest BCUT2D eigenvalue weighted by atomic mass is 10.2. The van der Waals surface area contributed by atoms with Crippen molar-refractivity contribution in [1.29, 1.82) is 0 Å². The molecular weight excluding hydrogens is 312 g/mol. The summed E-state index contributed by atoms with van der Waals surface area (Å²) in [4.78, 5) is 24.1. The lowest BCUT2D eigenvalue weighted by molar-refractivity contribution is -0.385. The molecule has 1 aromatic heterocycles. The third-order valence-corrected chi connectivity index (χ3v) is 3.06. The predicted molar refractivity (Wildman–Crippen MR) is 88.9 cm³/mol. The van der Waals surface area contributed by atoms with E-state index in [9.17, 15) is 14.9 Å². The van der Waals surface area contributed by atoms with Gasteiger partial charge in [0.05, 0.1) is 11.5 Å². The number of hydrogen-bond donors (Lipinski definition) is 0. The summed E-state index contributed by atoms with van der Waals surface area (Å²) in [6, 6.07) is 9.11. The average Bonchev–Trinajstić information content (AvgIpc) is 2.96. The minimum atomic E-state index is -0.616. The maximum atomic E-state index is 12.5. The number of ether oxygens (including phenoxy) is 1. The fraction of sp³-hybridized carbons (Fsp3) is 0.375. The molecule has 0 fully saturated rings. The highest BCUT2D eigenvalue weighted by Gasteiger charge is 2.23. The van der Waals surface area contributed by atoms with Crippen LogP contribution in [0.3, 0.4) is 0 Å². The molecule has 0 aliphatic heterocycles. The van der Waals surface area contributed by atoms with Gasteiger partial charge >= 0.3 is 11.8 Å². The molecule has 0 aliphatic rings. The molecule has 0 unspecified atom stereocenters. The molecule has 24 heavy (non-hydrogen) atoms. The van der Waals surface area contributed by atoms with Crippen LogP contribution < -0.4 is 4.90 Å². The van der Waals surface area contributed by atoms with Gasteiger partial charge in [0.2, 0.25) is 0 Å². The zero-order valence-corrected chi connectivity index (χ0v) is 13.9. The van der Waals surface area contributed by atoms with Gasteiger partial charge in [-0.05, 0) is 32.9 Å². The van der Waals surface area contributed by atoms with Gasteiger partial charge in [-0.25, -0.2) is 4.79 Å². The number of anilines is 1. The first-order valence-corrected chi connectivity index (χ1v) is 7.49. The molecule has 8 heteroatoms. The number of aromatic nitrogens is 2. The molecule has 2 rings (SSSR count). The summed E-state index contributed by atoms with van der Waals surface area (Å²) in [5.41, 5.74) is -0.0128. The van der Waals surface area contributed by atoms with Crippen molar-refractivity contribution in [2.24, 2.45) is 0 Å². The van der Waals surface area contributed by atoms with Crippen LogP contribution in [-0.4, -0.2) is 32.9 Å². The Morgan fingerprint density at radius 2 is 2.00 bits per heavy atom. The van der Waals surface area contributed by atoms with Gasteiger partial charge in [-0.3, -0.25) is 19.7 Å². The van der Waals surface area contributed by atoms with E-state index in [-0.39, 0.29) is 12.2 Å². The summed E-state index contributed by atoms with van der Waals surface area (Å²) in [5, 5.41) is 14.6. The van der Waals surface area contributed by atoms with Crippen LogP contribution in [0, 0.1) is 10.1 Å². The molecule has 1 aromatic carbocycles. The summed E-state index contributed by atoms with van der Waals surface area (Å²) in [6.45, 7) is 5.97. The summed E-state index contributed by atoms with van der Waals surface area (Å²) in [7, 11) is 0. The van der Waals surface area contributed by atoms with Gasteiger partial charge in [-0.1, -0.05) is 18.2 Å². The lowest BCUT2D eigenvalue weighted by Gasteiger charge is -2.27. The Bertz CT molecular complexity index is 706. The number of para-hydroxylation sites is 1. The molecule has 0 aliphatic carbocycles. The fourth-order valence-electron chi connectivity index (χ4n) is 2.02. The maximum Gasteiger partial charge on any atom is 0.414 e. The molecule has 128 valence electrons. The smallest absolute Gasteiger partial charge is 0.414 e. The monoisotopic (exact) mass is 332 g/mol. The van der Waals surface area contributed by atoms with Crippen LogP contribution >= 0.6 is 0 Å². The number of carbonyl (C=O) groups is 1. The number of rotatable bonds is 5. The van der Waals surface area contributed by atoms with Crippen molar-refractivity contribution >= 4 is 17.5 Å². The second kappa shape index (κ2) is 7.12. The highest BCUT2D eigenvalue weighted by molar-refractivity contribution is 5.87. The van der Waals surface area contributed by atoms with Gasteiger partial charge in [0.1, 0.15) is 18.0 Å². The number of benzene rings is 1. The van der Waals surface area contributed by atoms with E-state index < -0.39 is 16.6 Å². The Hall–Kier alpha value is -2.90. The van der Waals surface area contributed by atoms with Crippen LogP contribution in [0.4, 0.5) is 16.2 Å². The molecule has 0 N–H and O–H groups in total. The molecule has 2 aromatic rings. The maximum absolute atomic E-state index is 12.5. The van der Waals surface area contributed by atoms with E-state index in [1.54, 1.807) is 32.9 Å². The van der Waals surface area contributed by atoms with Crippen molar-refractivity contribution < 1.29 is 14.5 Å². The number of nitro groups is 1. The molecule has 0 spiro atoms. The van der Waals surface area contributed by atoms with Gasteiger partial charge in [-0.2, -0.15) is 5.10 Å². The summed E-state index contributed by atoms with van der Waals surface area (Å²) < 4.78 is 6.86. The van der Waals surface area contributed by atoms with Crippen LogP contribution in [0.25, 0.3) is 0 Å². The Labute approximate surface area is 139 Å². The average molecular weight is 332 g/mol. The minimum absolute atomic E-state index is 0.0847. The van der Waals surface area contributed by atoms with Crippen molar-refractivity contribution in [2.75, 3.05) is 11.4 Å². The zero-order valence-electron chi connectivity index (χ0n) is 13.9. The molecule has 1 heterocycles. The Balaban J connectivity index is 2.13. The number of carbonyl (C=O) groups excluding carboxylic acids is 1. The van der Waals surface area contributed by atoms with Gasteiger partial charge < -0.3 is 4.74 Å². The van der Waals surface area contributed by atoms with Crippen molar-refractivity contribution in [3.8, 4) is 0 Å². The second-order valence-electron chi connectivity index (χ2n) is 6.19. The quantitative estimate of drug-likeness (QED) is 0.619. The molecule has 0 saturated heterocycles. The van der Waals surface area contributed by atoms with E-state index in [1.807, 2.05) is 18.2 Å². The summed E-state index contributed by atoms with van der Waals surface area (Å²) >= 11 is 0. The number of nitrogens with zero attached hydrogens (tertiary/aromatic N) is 4. The molecule has 1 amide bonds. The highest BCUT2D eigenvalue weighted by Crippen LogP contribution is 2.18. The third kappa shape index (κ3) is 4.80. The fourth-order valence-corrected chi connectivity index (χ4v) is 2.02. The van der Waals surface area contributed by atoms with Crippen molar-refractivity contribution in [2.45, 2.75) is 32.9 Å². The number of amides is 1. The van der Waals surface area contributed by atoms with E-state index in [4.69, 9.17) is 4.74 Å². The van der Waals surface area contributed by atoms with E-state index >= 15 is 0 Å². The molecule has 0 bridgehead atoms. The number of hydrogen-bond acceptors (Lipinski definition) is 5. The molecule has 0 saturated carbocycles. The highest BCUT2D eigenvalue weighted by atomic mass is 16.6. The van der Waals surface area contributed by atoms with E-state index in [2.05, 4.69) is 5.10 Å². The van der Waals surface area contributed by atoms with Crippen LogP contribution in [-0.2, 0) is 11.3 Å². The van der Waals surface area contributed by atoms with E-state index in [1.165, 1.54) is 22.0 Å². The second-order valence-corrected chi connectivity index (χ2v) is 6.19.